The fourth-order valence-corrected chi connectivity index (χ4v) is 1.38. The number of rotatable bonds is 1. The van der Waals surface area contributed by atoms with Gasteiger partial charge in [-0.25, -0.2) is 4.79 Å². The summed E-state index contributed by atoms with van der Waals surface area (Å²) in [5.74, 6) is -0.655. The van der Waals surface area contributed by atoms with E-state index in [2.05, 4.69) is 4.74 Å². The Balaban J connectivity index is 2.66. The van der Waals surface area contributed by atoms with Crippen molar-refractivity contribution in [1.29, 1.82) is 0 Å². The molecule has 0 aromatic carbocycles. The Morgan fingerprint density at radius 1 is 1.54 bits per heavy atom. The van der Waals surface area contributed by atoms with Gasteiger partial charge in [-0.05, 0) is 6.92 Å². The summed E-state index contributed by atoms with van der Waals surface area (Å²) < 4.78 is 9.56. The molecule has 76 valence electrons. The molecule has 0 aromatic heterocycles. The minimum Gasteiger partial charge on any atom is -0.467 e. The molecular weight excluding hydrogens is 176 g/mol. The van der Waals surface area contributed by atoms with Crippen LogP contribution < -0.4 is 0 Å². The summed E-state index contributed by atoms with van der Waals surface area (Å²) in [6, 6.07) is 0. The van der Waals surface area contributed by atoms with Gasteiger partial charge in [0.1, 0.15) is 6.10 Å². The number of aliphatic hydroxyl groups excluding tert-OH is 2. The lowest BCUT2D eigenvalue weighted by atomic mass is 9.99. The molecule has 1 rings (SSSR count). The summed E-state index contributed by atoms with van der Waals surface area (Å²) in [6.07, 6.45) is -3.10. The smallest absolute Gasteiger partial charge is 0.337 e. The second-order valence-electron chi connectivity index (χ2n) is 3.18. The standard InChI is InChI=1S/C8H14O5/c1-4-3-5(9)6(10)7(13-4)8(11)12-2/h4-7,9-10H,3H2,1-2H3/t4?,5?,6-,7-/m0/s1. The molecule has 1 fully saturated rings. The topological polar surface area (TPSA) is 76.0 Å². The summed E-state index contributed by atoms with van der Waals surface area (Å²) >= 11 is 0. The number of esters is 1. The highest BCUT2D eigenvalue weighted by Gasteiger charge is 2.40. The molecular formula is C8H14O5. The van der Waals surface area contributed by atoms with Crippen molar-refractivity contribution in [3.8, 4) is 0 Å². The monoisotopic (exact) mass is 190 g/mol. The lowest BCUT2D eigenvalue weighted by molar-refractivity contribution is -0.193. The Kier molecular flexibility index (Phi) is 3.24. The van der Waals surface area contributed by atoms with Gasteiger partial charge in [0.2, 0.25) is 0 Å². The van der Waals surface area contributed by atoms with Crippen LogP contribution in [0.15, 0.2) is 0 Å². The average Bonchev–Trinajstić information content (AvgIpc) is 2.10. The van der Waals surface area contributed by atoms with Crippen LogP contribution in [0, 0.1) is 0 Å². The first-order chi connectivity index (χ1) is 6.06. The van der Waals surface area contributed by atoms with Gasteiger partial charge in [-0.3, -0.25) is 0 Å². The lowest BCUT2D eigenvalue weighted by Gasteiger charge is -2.33. The molecule has 0 bridgehead atoms. The van der Waals surface area contributed by atoms with E-state index in [1.54, 1.807) is 6.92 Å². The van der Waals surface area contributed by atoms with E-state index in [0.717, 1.165) is 0 Å². The van der Waals surface area contributed by atoms with Crippen molar-refractivity contribution in [2.75, 3.05) is 7.11 Å². The first kappa shape index (κ1) is 10.4. The van der Waals surface area contributed by atoms with Crippen LogP contribution in [0.3, 0.4) is 0 Å². The maximum absolute atomic E-state index is 11.1. The van der Waals surface area contributed by atoms with Crippen LogP contribution in [0.5, 0.6) is 0 Å². The summed E-state index contributed by atoms with van der Waals surface area (Å²) in [5.41, 5.74) is 0. The molecule has 5 nitrogen and oxygen atoms in total. The van der Waals surface area contributed by atoms with Crippen LogP contribution in [-0.2, 0) is 14.3 Å². The zero-order chi connectivity index (χ0) is 10.0. The third-order valence-electron chi connectivity index (χ3n) is 2.09. The quantitative estimate of drug-likeness (QED) is 0.522. The zero-order valence-corrected chi connectivity index (χ0v) is 7.64. The highest BCUT2D eigenvalue weighted by molar-refractivity contribution is 5.75. The van der Waals surface area contributed by atoms with Crippen LogP contribution in [0.25, 0.3) is 0 Å². The second-order valence-corrected chi connectivity index (χ2v) is 3.18. The average molecular weight is 190 g/mol. The van der Waals surface area contributed by atoms with Gasteiger partial charge < -0.3 is 19.7 Å². The van der Waals surface area contributed by atoms with Crippen molar-refractivity contribution in [2.45, 2.75) is 37.8 Å². The molecule has 0 spiro atoms. The molecule has 1 saturated heterocycles. The fourth-order valence-electron chi connectivity index (χ4n) is 1.38. The molecule has 4 atom stereocenters. The van der Waals surface area contributed by atoms with Crippen molar-refractivity contribution in [3.05, 3.63) is 0 Å². The largest absolute Gasteiger partial charge is 0.467 e. The van der Waals surface area contributed by atoms with Crippen molar-refractivity contribution in [1.82, 2.24) is 0 Å². The van der Waals surface area contributed by atoms with E-state index in [1.165, 1.54) is 7.11 Å². The number of hydrogen-bond donors (Lipinski definition) is 2. The summed E-state index contributed by atoms with van der Waals surface area (Å²) in [6.45, 7) is 1.73. The maximum Gasteiger partial charge on any atom is 0.337 e. The van der Waals surface area contributed by atoms with E-state index < -0.39 is 24.3 Å². The SMILES string of the molecule is COC(=O)[C@H]1OC(C)CC(O)[C@@H]1O. The van der Waals surface area contributed by atoms with E-state index in [0.29, 0.717) is 6.42 Å². The van der Waals surface area contributed by atoms with Gasteiger partial charge >= 0.3 is 5.97 Å². The van der Waals surface area contributed by atoms with E-state index in [1.807, 2.05) is 0 Å². The highest BCUT2D eigenvalue weighted by atomic mass is 16.6. The van der Waals surface area contributed by atoms with Gasteiger partial charge in [0.15, 0.2) is 6.10 Å². The fraction of sp³-hybridized carbons (Fsp3) is 0.875. The number of carbonyl (C=O) groups excluding carboxylic acids is 1. The van der Waals surface area contributed by atoms with Crippen molar-refractivity contribution in [2.24, 2.45) is 0 Å². The van der Waals surface area contributed by atoms with Crippen LogP contribution in [0.1, 0.15) is 13.3 Å². The number of hydrogen-bond acceptors (Lipinski definition) is 5. The van der Waals surface area contributed by atoms with Gasteiger partial charge in [0.25, 0.3) is 0 Å². The molecule has 1 aliphatic rings. The minimum absolute atomic E-state index is 0.248. The van der Waals surface area contributed by atoms with E-state index in [4.69, 9.17) is 4.74 Å². The molecule has 0 aromatic rings. The molecule has 5 heteroatoms. The predicted octanol–water partition coefficient (Wildman–Crippen LogP) is -0.941. The first-order valence-electron chi connectivity index (χ1n) is 4.15. The van der Waals surface area contributed by atoms with Crippen molar-refractivity contribution in [3.63, 3.8) is 0 Å². The Labute approximate surface area is 76.3 Å². The van der Waals surface area contributed by atoms with Crippen LogP contribution in [0.4, 0.5) is 0 Å². The number of ether oxygens (including phenoxy) is 2. The van der Waals surface area contributed by atoms with E-state index >= 15 is 0 Å². The maximum atomic E-state index is 11.1. The third-order valence-corrected chi connectivity index (χ3v) is 2.09. The van der Waals surface area contributed by atoms with Crippen molar-refractivity contribution >= 4 is 5.97 Å². The Morgan fingerprint density at radius 2 is 2.15 bits per heavy atom. The van der Waals surface area contributed by atoms with Crippen molar-refractivity contribution < 1.29 is 24.5 Å². The van der Waals surface area contributed by atoms with E-state index in [-0.39, 0.29) is 6.10 Å². The van der Waals surface area contributed by atoms with Gasteiger partial charge in [0.05, 0.1) is 19.3 Å². The molecule has 2 unspecified atom stereocenters. The van der Waals surface area contributed by atoms with Crippen LogP contribution in [-0.4, -0.2) is 47.7 Å². The molecule has 0 amide bonds. The summed E-state index contributed by atoms with van der Waals surface area (Å²) in [4.78, 5) is 11.1. The molecule has 13 heavy (non-hydrogen) atoms. The molecule has 0 saturated carbocycles. The van der Waals surface area contributed by atoms with Gasteiger partial charge in [-0.15, -0.1) is 0 Å². The Morgan fingerprint density at radius 3 is 2.69 bits per heavy atom. The number of methoxy groups -OCH3 is 1. The van der Waals surface area contributed by atoms with Crippen LogP contribution in [0.2, 0.25) is 0 Å². The zero-order valence-electron chi connectivity index (χ0n) is 7.64. The highest BCUT2D eigenvalue weighted by Crippen LogP contribution is 2.20. The number of carbonyl (C=O) groups is 1. The number of aliphatic hydroxyl groups is 2. The van der Waals surface area contributed by atoms with Gasteiger partial charge in [-0.1, -0.05) is 0 Å². The lowest BCUT2D eigenvalue weighted by Crippen LogP contribution is -2.51. The summed E-state index contributed by atoms with van der Waals surface area (Å²) in [5, 5.41) is 18.7. The molecule has 1 heterocycles. The minimum atomic E-state index is -1.19. The third kappa shape index (κ3) is 2.18. The van der Waals surface area contributed by atoms with Gasteiger partial charge in [-0.2, -0.15) is 0 Å². The van der Waals surface area contributed by atoms with Crippen LogP contribution >= 0.6 is 0 Å². The van der Waals surface area contributed by atoms with E-state index in [9.17, 15) is 15.0 Å². The Bertz CT molecular complexity index is 193. The first-order valence-corrected chi connectivity index (χ1v) is 4.15. The molecule has 2 N–H and O–H groups in total. The van der Waals surface area contributed by atoms with Gasteiger partial charge in [0, 0.05) is 6.42 Å². The molecule has 0 radical (unpaired) electrons. The normalized spacial score (nSPS) is 40.0. The predicted molar refractivity (Wildman–Crippen MR) is 43.0 cm³/mol. The Hall–Kier alpha value is -0.650. The second kappa shape index (κ2) is 4.04. The molecule has 0 aliphatic carbocycles. The molecule has 1 aliphatic heterocycles. The summed E-state index contributed by atoms with van der Waals surface area (Å²) in [7, 11) is 1.21.